The van der Waals surface area contributed by atoms with E-state index in [0.717, 1.165) is 4.57 Å². The number of imidazole rings is 1. The smallest absolute Gasteiger partial charge is 0.332 e. The molecular weight excluding hydrogens is 652 g/mol. The number of hydrogen-bond acceptors (Lipinski definition) is 12. The van der Waals surface area contributed by atoms with Crippen LogP contribution in [0.1, 0.15) is 74.1 Å². The van der Waals surface area contributed by atoms with Crippen LogP contribution in [0, 0.1) is 17.8 Å². The van der Waals surface area contributed by atoms with Crippen LogP contribution in [0.3, 0.4) is 0 Å². The Morgan fingerprint density at radius 2 is 1.66 bits per heavy atom. The topological polar surface area (TPSA) is 222 Å². The zero-order chi connectivity index (χ0) is 37.9. The van der Waals surface area contributed by atoms with Crippen LogP contribution in [0.5, 0.6) is 0 Å². The third-order valence-electron chi connectivity index (χ3n) is 10.5. The number of fused-ring (bicyclic) bond motifs is 1. The lowest BCUT2D eigenvalue weighted by Gasteiger charge is -2.43. The number of nitrogens with zero attached hydrogens (tertiary/aromatic N) is 5. The first-order valence-electron chi connectivity index (χ1n) is 17.5. The number of ether oxygens (including phenoxy) is 1. The Morgan fingerprint density at radius 1 is 1.02 bits per heavy atom. The summed E-state index contributed by atoms with van der Waals surface area (Å²) >= 11 is 0. The van der Waals surface area contributed by atoms with Crippen molar-refractivity contribution in [2.24, 2.45) is 31.8 Å². The molecule has 284 valence electrons. The summed E-state index contributed by atoms with van der Waals surface area (Å²) in [5, 5.41) is 59.4. The lowest BCUT2D eigenvalue weighted by atomic mass is 9.78. The summed E-state index contributed by atoms with van der Waals surface area (Å²) in [4.78, 5) is 56.9. The van der Waals surface area contributed by atoms with Gasteiger partial charge < -0.3 is 40.2 Å². The lowest BCUT2D eigenvalue weighted by Crippen LogP contribution is -2.59. The first kappa shape index (κ1) is 41.3. The zero-order valence-electron chi connectivity index (χ0n) is 30.9. The number of carbonyl (C=O) groups is 2. The molecule has 2 aromatic heterocycles. The van der Waals surface area contributed by atoms with E-state index in [1.54, 1.807) is 25.3 Å². The highest BCUT2D eigenvalue weighted by atomic mass is 16.6. The van der Waals surface area contributed by atoms with E-state index in [0.29, 0.717) is 19.5 Å². The summed E-state index contributed by atoms with van der Waals surface area (Å²) in [6.45, 7) is 12.4. The van der Waals surface area contributed by atoms with Crippen LogP contribution in [-0.4, -0.2) is 122 Å². The molecule has 0 aliphatic carbocycles. The number of carbonyl (C=O) groups excluding carboxylic acids is 2. The maximum Gasteiger partial charge on any atom is 0.332 e. The molecule has 10 atom stereocenters. The van der Waals surface area contributed by atoms with Gasteiger partial charge in [0.15, 0.2) is 11.2 Å². The summed E-state index contributed by atoms with van der Waals surface area (Å²) in [5.74, 6) is -3.25. The minimum Gasteiger partial charge on any atom is -0.459 e. The zero-order valence-corrected chi connectivity index (χ0v) is 30.9. The molecule has 0 unspecified atom stereocenters. The first-order valence-corrected chi connectivity index (χ1v) is 17.5. The number of aliphatic hydroxyl groups is 5. The highest BCUT2D eigenvalue weighted by Gasteiger charge is 2.47. The minimum atomic E-state index is -1.87. The molecule has 3 heterocycles. The van der Waals surface area contributed by atoms with Gasteiger partial charge in [0, 0.05) is 58.7 Å². The van der Waals surface area contributed by atoms with Gasteiger partial charge in [0.2, 0.25) is 5.91 Å². The predicted molar refractivity (Wildman–Crippen MR) is 185 cm³/mol. The lowest BCUT2D eigenvalue weighted by molar-refractivity contribution is -0.193. The van der Waals surface area contributed by atoms with Crippen molar-refractivity contribution in [1.82, 2.24) is 28.9 Å². The maximum atomic E-state index is 13.1. The highest BCUT2D eigenvalue weighted by molar-refractivity contribution is 5.76. The van der Waals surface area contributed by atoms with Gasteiger partial charge in [0.25, 0.3) is 5.56 Å². The van der Waals surface area contributed by atoms with Crippen LogP contribution >= 0.6 is 0 Å². The molecule has 0 spiro atoms. The standard InChI is InChI=1S/C34H58N6O10/c1-10-23-34(7,49)28(44)22(5)39(17-19(2)16-33(6,48)27(43)20(3)26(42)21(4)31(46)50-23)14-11-13-35-24(41)12-15-40-18-36-29-25(40)30(45)38(9)32(47)37(29)8/h18-23,26-28,42-44,48-49H,10-17H2,1-9H3,(H,35,41)/t19-,20+,21-,22-,23-,26+,27-,28-,33-,34-/m1/s1. The van der Waals surface area contributed by atoms with Gasteiger partial charge in [-0.2, -0.15) is 0 Å². The Labute approximate surface area is 292 Å². The Balaban J connectivity index is 1.74. The van der Waals surface area contributed by atoms with Crippen LogP contribution in [-0.2, 0) is 35.0 Å². The number of rotatable bonds is 8. The van der Waals surface area contributed by atoms with Gasteiger partial charge >= 0.3 is 11.7 Å². The fourth-order valence-electron chi connectivity index (χ4n) is 7.23. The van der Waals surface area contributed by atoms with Gasteiger partial charge in [-0.15, -0.1) is 0 Å². The van der Waals surface area contributed by atoms with Crippen LogP contribution in [0.2, 0.25) is 0 Å². The second kappa shape index (κ2) is 16.5. The molecule has 1 amide bonds. The minimum absolute atomic E-state index is 0.0520. The molecule has 0 bridgehead atoms. The van der Waals surface area contributed by atoms with E-state index in [-0.39, 0.29) is 55.3 Å². The number of hydrogen-bond donors (Lipinski definition) is 6. The maximum absolute atomic E-state index is 13.1. The van der Waals surface area contributed by atoms with Gasteiger partial charge in [-0.25, -0.2) is 9.78 Å². The number of aryl methyl sites for hydroxylation is 2. The van der Waals surface area contributed by atoms with Crippen molar-refractivity contribution >= 4 is 23.0 Å². The molecule has 0 radical (unpaired) electrons. The third-order valence-corrected chi connectivity index (χ3v) is 10.5. The van der Waals surface area contributed by atoms with E-state index in [2.05, 4.69) is 10.3 Å². The first-order chi connectivity index (χ1) is 23.2. The van der Waals surface area contributed by atoms with Crippen LogP contribution in [0.25, 0.3) is 11.2 Å². The SMILES string of the molecule is CC[C@H]1OC(=O)[C@H](C)[C@@H](O)[C@H](C)[C@@H](O)[C@](C)(O)C[C@@H](C)CN(CCCNC(=O)CCn2cnc3c2c(=O)n(C)c(=O)n3C)[C@H](C)[C@@H](O)[C@]1(C)O. The predicted octanol–water partition coefficient (Wildman–Crippen LogP) is -0.761. The fourth-order valence-corrected chi connectivity index (χ4v) is 7.23. The molecule has 0 saturated carbocycles. The van der Waals surface area contributed by atoms with Crippen LogP contribution in [0.4, 0.5) is 0 Å². The van der Waals surface area contributed by atoms with Gasteiger partial charge in [-0.05, 0) is 52.9 Å². The van der Waals surface area contributed by atoms with Crippen molar-refractivity contribution in [3.8, 4) is 0 Å². The van der Waals surface area contributed by atoms with Crippen molar-refractivity contribution in [2.75, 3.05) is 19.6 Å². The molecule has 16 heteroatoms. The van der Waals surface area contributed by atoms with Crippen molar-refractivity contribution in [1.29, 1.82) is 0 Å². The van der Waals surface area contributed by atoms with Gasteiger partial charge in [0.05, 0.1) is 30.1 Å². The van der Waals surface area contributed by atoms with E-state index >= 15 is 0 Å². The molecule has 1 aliphatic heterocycles. The monoisotopic (exact) mass is 710 g/mol. The Bertz CT molecular complexity index is 1600. The van der Waals surface area contributed by atoms with Gasteiger partial charge in [-0.3, -0.25) is 28.4 Å². The summed E-state index contributed by atoms with van der Waals surface area (Å²) in [5.41, 5.74) is -4.03. The molecule has 1 fully saturated rings. The quantitative estimate of drug-likeness (QED) is 0.147. The van der Waals surface area contributed by atoms with Gasteiger partial charge in [-0.1, -0.05) is 20.8 Å². The van der Waals surface area contributed by atoms with E-state index in [4.69, 9.17) is 4.74 Å². The molecule has 3 rings (SSSR count). The average Bonchev–Trinajstić information content (AvgIpc) is 3.50. The molecule has 16 nitrogen and oxygen atoms in total. The summed E-state index contributed by atoms with van der Waals surface area (Å²) in [6, 6.07) is -0.661. The Hall–Kier alpha value is -3.15. The number of aliphatic hydroxyl groups excluding tert-OH is 3. The molecule has 1 aliphatic rings. The van der Waals surface area contributed by atoms with Crippen molar-refractivity contribution in [2.45, 2.75) is 122 Å². The second-order valence-corrected chi connectivity index (χ2v) is 14.8. The van der Waals surface area contributed by atoms with Crippen molar-refractivity contribution in [3.63, 3.8) is 0 Å². The van der Waals surface area contributed by atoms with E-state index < -0.39 is 70.7 Å². The molecular formula is C34H58N6O10. The number of cyclic esters (lactones) is 1. The average molecular weight is 711 g/mol. The van der Waals surface area contributed by atoms with Gasteiger partial charge in [0.1, 0.15) is 17.8 Å². The molecule has 2 aromatic rings. The van der Waals surface area contributed by atoms with Crippen LogP contribution < -0.4 is 16.6 Å². The van der Waals surface area contributed by atoms with Crippen molar-refractivity contribution in [3.05, 3.63) is 27.2 Å². The third kappa shape index (κ3) is 8.83. The molecule has 1 saturated heterocycles. The van der Waals surface area contributed by atoms with Crippen LogP contribution in [0.15, 0.2) is 15.9 Å². The fraction of sp³-hybridized carbons (Fsp3) is 0.794. The van der Waals surface area contributed by atoms with E-state index in [1.165, 1.54) is 45.8 Å². The summed E-state index contributed by atoms with van der Waals surface area (Å²) < 4.78 is 9.46. The van der Waals surface area contributed by atoms with E-state index in [9.17, 15) is 44.7 Å². The van der Waals surface area contributed by atoms with Crippen molar-refractivity contribution < 1.29 is 39.9 Å². The normalized spacial score (nSPS) is 33.8. The second-order valence-electron chi connectivity index (χ2n) is 14.8. The molecule has 50 heavy (non-hydrogen) atoms. The number of esters is 1. The number of nitrogens with one attached hydrogen (secondary N) is 1. The highest BCUT2D eigenvalue weighted by Crippen LogP contribution is 2.32. The van der Waals surface area contributed by atoms with E-state index in [1.807, 2.05) is 11.8 Å². The number of amides is 1. The summed E-state index contributed by atoms with van der Waals surface area (Å²) in [7, 11) is 2.90. The largest absolute Gasteiger partial charge is 0.459 e. The Morgan fingerprint density at radius 3 is 2.28 bits per heavy atom. The molecule has 6 N–H and O–H groups in total. The molecule has 0 aromatic carbocycles. The Kier molecular flexibility index (Phi) is 13.6. The number of aromatic nitrogens is 4. The summed E-state index contributed by atoms with van der Waals surface area (Å²) in [6.07, 6.45) is -2.95.